The zero-order chi connectivity index (χ0) is 22.6. The molecule has 0 aliphatic rings. The van der Waals surface area contributed by atoms with Crippen molar-refractivity contribution in [2.75, 3.05) is 0 Å². The Bertz CT molecular complexity index is 1400. The number of aryl methyl sites for hydroxylation is 1. The first kappa shape index (κ1) is 20.5. The number of nitrogens with zero attached hydrogens (tertiary/aromatic N) is 4. The molecule has 0 aliphatic heterocycles. The number of benzene rings is 2. The number of imidazole rings is 1. The van der Waals surface area contributed by atoms with E-state index < -0.39 is 0 Å². The van der Waals surface area contributed by atoms with Crippen molar-refractivity contribution in [1.29, 1.82) is 0 Å². The van der Waals surface area contributed by atoms with E-state index >= 15 is 0 Å². The molecule has 0 bridgehead atoms. The molecule has 5 rings (SSSR count). The van der Waals surface area contributed by atoms with E-state index in [2.05, 4.69) is 15.4 Å². The number of carbonyl (C=O) groups excluding carboxylic acids is 1. The minimum Gasteiger partial charge on any atom is -0.487 e. The van der Waals surface area contributed by atoms with Crippen LogP contribution in [0.3, 0.4) is 0 Å². The Labute approximate surface area is 191 Å². The van der Waals surface area contributed by atoms with Crippen LogP contribution in [0.25, 0.3) is 11.3 Å². The average Bonchev–Trinajstić information content (AvgIpc) is 3.48. The molecule has 1 amide bonds. The first-order chi connectivity index (χ1) is 16.1. The van der Waals surface area contributed by atoms with E-state index in [0.717, 1.165) is 22.6 Å². The van der Waals surface area contributed by atoms with E-state index in [-0.39, 0.29) is 5.91 Å². The van der Waals surface area contributed by atoms with Crippen LogP contribution >= 0.6 is 0 Å². The first-order valence-corrected chi connectivity index (χ1v) is 10.7. The Morgan fingerprint density at radius 2 is 1.88 bits per heavy atom. The number of pyridine rings is 1. The standard InChI is InChI=1S/C26H23N5O2/c1-19-10-11-25-29-22(17-30(25)15-19)18-33-24-9-5-6-21(12-24)26(32)27-13-20-14-28-31(16-20)23-7-3-2-4-8-23/h2-12,14-17H,13,18H2,1H3,(H,27,32). The van der Waals surface area contributed by atoms with Gasteiger partial charge in [0.15, 0.2) is 0 Å². The average molecular weight is 438 g/mol. The molecule has 0 saturated heterocycles. The lowest BCUT2D eigenvalue weighted by atomic mass is 10.2. The fraction of sp³-hybridized carbons (Fsp3) is 0.115. The van der Waals surface area contributed by atoms with Gasteiger partial charge >= 0.3 is 0 Å². The summed E-state index contributed by atoms with van der Waals surface area (Å²) in [5, 5.41) is 7.30. The number of nitrogens with one attached hydrogen (secondary N) is 1. The van der Waals surface area contributed by atoms with Crippen molar-refractivity contribution in [3.8, 4) is 11.4 Å². The van der Waals surface area contributed by atoms with Crippen LogP contribution in [0.15, 0.2) is 91.5 Å². The van der Waals surface area contributed by atoms with Gasteiger partial charge in [0.25, 0.3) is 5.91 Å². The molecule has 5 aromatic rings. The molecule has 3 heterocycles. The molecule has 164 valence electrons. The fourth-order valence-corrected chi connectivity index (χ4v) is 3.57. The molecule has 0 unspecified atom stereocenters. The molecule has 0 spiro atoms. The van der Waals surface area contributed by atoms with E-state index in [0.29, 0.717) is 24.5 Å². The summed E-state index contributed by atoms with van der Waals surface area (Å²) in [7, 11) is 0. The second-order valence-corrected chi connectivity index (χ2v) is 7.83. The molecule has 0 atom stereocenters. The van der Waals surface area contributed by atoms with E-state index in [1.54, 1.807) is 23.0 Å². The summed E-state index contributed by atoms with van der Waals surface area (Å²) in [6, 6.07) is 21.0. The number of para-hydroxylation sites is 1. The summed E-state index contributed by atoms with van der Waals surface area (Å²) >= 11 is 0. The molecule has 3 aromatic heterocycles. The molecular formula is C26H23N5O2. The highest BCUT2D eigenvalue weighted by molar-refractivity contribution is 5.94. The van der Waals surface area contributed by atoms with Gasteiger partial charge in [0.1, 0.15) is 18.0 Å². The Morgan fingerprint density at radius 3 is 2.76 bits per heavy atom. The van der Waals surface area contributed by atoms with Crippen molar-refractivity contribution in [1.82, 2.24) is 24.5 Å². The summed E-state index contributed by atoms with van der Waals surface area (Å²) < 4.78 is 9.66. The second kappa shape index (κ2) is 9.00. The molecule has 33 heavy (non-hydrogen) atoms. The third-order valence-corrected chi connectivity index (χ3v) is 5.24. The molecule has 2 aromatic carbocycles. The predicted molar refractivity (Wildman–Crippen MR) is 125 cm³/mol. The van der Waals surface area contributed by atoms with Crippen LogP contribution in [0, 0.1) is 6.92 Å². The van der Waals surface area contributed by atoms with E-state index in [9.17, 15) is 4.79 Å². The molecule has 7 heteroatoms. The smallest absolute Gasteiger partial charge is 0.251 e. The summed E-state index contributed by atoms with van der Waals surface area (Å²) in [6.45, 7) is 2.75. The van der Waals surface area contributed by atoms with Crippen molar-refractivity contribution in [2.24, 2.45) is 0 Å². The maximum absolute atomic E-state index is 12.7. The van der Waals surface area contributed by atoms with E-state index in [1.165, 1.54) is 5.56 Å². The van der Waals surface area contributed by atoms with Gasteiger partial charge in [0.2, 0.25) is 0 Å². The van der Waals surface area contributed by atoms with Gasteiger partial charge in [-0.1, -0.05) is 30.3 Å². The van der Waals surface area contributed by atoms with Crippen LogP contribution in [0.2, 0.25) is 0 Å². The normalized spacial score (nSPS) is 10.9. The minimum absolute atomic E-state index is 0.170. The molecule has 0 aliphatic carbocycles. The lowest BCUT2D eigenvalue weighted by Gasteiger charge is -2.07. The zero-order valence-corrected chi connectivity index (χ0v) is 18.2. The number of aromatic nitrogens is 4. The van der Waals surface area contributed by atoms with Crippen LogP contribution in [0.1, 0.15) is 27.2 Å². The number of rotatable bonds is 7. The first-order valence-electron chi connectivity index (χ1n) is 10.7. The van der Waals surface area contributed by atoms with E-state index in [4.69, 9.17) is 4.74 Å². The van der Waals surface area contributed by atoms with Gasteiger partial charge in [0.05, 0.1) is 17.6 Å². The highest BCUT2D eigenvalue weighted by Gasteiger charge is 2.09. The lowest BCUT2D eigenvalue weighted by Crippen LogP contribution is -2.22. The largest absolute Gasteiger partial charge is 0.487 e. The van der Waals surface area contributed by atoms with Crippen LogP contribution < -0.4 is 10.1 Å². The van der Waals surface area contributed by atoms with Crippen molar-refractivity contribution < 1.29 is 9.53 Å². The van der Waals surface area contributed by atoms with Crippen molar-refractivity contribution in [2.45, 2.75) is 20.1 Å². The quantitative estimate of drug-likeness (QED) is 0.411. The van der Waals surface area contributed by atoms with E-state index in [1.807, 2.05) is 84.5 Å². The molecule has 0 fully saturated rings. The monoisotopic (exact) mass is 437 g/mol. The Hall–Kier alpha value is -4.39. The number of hydrogen-bond acceptors (Lipinski definition) is 4. The van der Waals surface area contributed by atoms with Crippen LogP contribution in [-0.4, -0.2) is 25.1 Å². The fourth-order valence-electron chi connectivity index (χ4n) is 3.57. The predicted octanol–water partition coefficient (Wildman–Crippen LogP) is 4.34. The lowest BCUT2D eigenvalue weighted by molar-refractivity contribution is 0.0950. The van der Waals surface area contributed by atoms with Gasteiger partial charge in [-0.15, -0.1) is 0 Å². The number of amides is 1. The van der Waals surface area contributed by atoms with Crippen LogP contribution in [0.5, 0.6) is 5.75 Å². The second-order valence-electron chi connectivity index (χ2n) is 7.83. The molecule has 0 saturated carbocycles. The van der Waals surface area contributed by atoms with Crippen molar-refractivity contribution in [3.05, 3.63) is 114 Å². The molecule has 1 N–H and O–H groups in total. The van der Waals surface area contributed by atoms with Crippen molar-refractivity contribution >= 4 is 11.6 Å². The summed E-state index contributed by atoms with van der Waals surface area (Å²) in [5.74, 6) is 0.448. The molecular weight excluding hydrogens is 414 g/mol. The SMILES string of the molecule is Cc1ccc2nc(COc3cccc(C(=O)NCc4cnn(-c5ccccc5)c4)c3)cn2c1. The summed E-state index contributed by atoms with van der Waals surface area (Å²) in [5.41, 5.74) is 5.29. The third-order valence-electron chi connectivity index (χ3n) is 5.24. The summed E-state index contributed by atoms with van der Waals surface area (Å²) in [6.07, 6.45) is 7.64. The van der Waals surface area contributed by atoms with Gasteiger partial charge in [-0.25, -0.2) is 9.67 Å². The van der Waals surface area contributed by atoms with Crippen molar-refractivity contribution in [3.63, 3.8) is 0 Å². The van der Waals surface area contributed by atoms with Gasteiger partial charge in [-0.3, -0.25) is 4.79 Å². The van der Waals surface area contributed by atoms with Crippen LogP contribution in [0.4, 0.5) is 0 Å². The van der Waals surface area contributed by atoms with Gasteiger partial charge < -0.3 is 14.5 Å². The maximum Gasteiger partial charge on any atom is 0.251 e. The topological polar surface area (TPSA) is 73.4 Å². The number of fused-ring (bicyclic) bond motifs is 1. The Balaban J connectivity index is 1.19. The number of ether oxygens (including phenoxy) is 1. The molecule has 7 nitrogen and oxygen atoms in total. The highest BCUT2D eigenvalue weighted by Crippen LogP contribution is 2.16. The van der Waals surface area contributed by atoms with Crippen LogP contribution in [-0.2, 0) is 13.2 Å². The Kier molecular flexibility index (Phi) is 5.59. The number of carbonyl (C=O) groups is 1. The number of hydrogen-bond donors (Lipinski definition) is 1. The summed E-state index contributed by atoms with van der Waals surface area (Å²) in [4.78, 5) is 17.2. The van der Waals surface area contributed by atoms with Gasteiger partial charge in [-0.2, -0.15) is 5.10 Å². The Morgan fingerprint density at radius 1 is 1.00 bits per heavy atom. The highest BCUT2D eigenvalue weighted by atomic mass is 16.5. The minimum atomic E-state index is -0.170. The third kappa shape index (κ3) is 4.77. The molecule has 0 radical (unpaired) electrons. The van der Waals surface area contributed by atoms with Gasteiger partial charge in [-0.05, 0) is 48.9 Å². The zero-order valence-electron chi connectivity index (χ0n) is 18.2. The van der Waals surface area contributed by atoms with Gasteiger partial charge in [0, 0.05) is 36.3 Å². The maximum atomic E-state index is 12.7.